The molecule has 2 aromatic carbocycles. The summed E-state index contributed by atoms with van der Waals surface area (Å²) in [4.78, 5) is 12.0. The van der Waals surface area contributed by atoms with Crippen LogP contribution in [0.3, 0.4) is 0 Å². The third-order valence-corrected chi connectivity index (χ3v) is 3.05. The highest BCUT2D eigenvalue weighted by atomic mass is 35.5. The molecule has 0 aliphatic carbocycles. The molecule has 2 aromatic rings. The van der Waals surface area contributed by atoms with E-state index in [0.29, 0.717) is 15.7 Å². The van der Waals surface area contributed by atoms with Crippen LogP contribution in [0.25, 0.3) is 0 Å². The van der Waals surface area contributed by atoms with Crippen LogP contribution >= 0.6 is 34.8 Å². The van der Waals surface area contributed by atoms with Crippen LogP contribution in [0.5, 0.6) is 0 Å². The van der Waals surface area contributed by atoms with Crippen molar-refractivity contribution in [2.24, 2.45) is 0 Å². The number of amides is 1. The first-order valence-electron chi connectivity index (χ1n) is 5.18. The van der Waals surface area contributed by atoms with E-state index in [0.717, 1.165) is 6.07 Å². The summed E-state index contributed by atoms with van der Waals surface area (Å²) >= 11 is 17.4. The molecule has 6 heteroatoms. The van der Waals surface area contributed by atoms with Gasteiger partial charge in [-0.3, -0.25) is 4.79 Å². The molecule has 1 amide bonds. The van der Waals surface area contributed by atoms with Crippen LogP contribution in [0, 0.1) is 5.82 Å². The molecule has 0 spiro atoms. The summed E-state index contributed by atoms with van der Waals surface area (Å²) in [6.07, 6.45) is 0. The van der Waals surface area contributed by atoms with Gasteiger partial charge in [0.2, 0.25) is 0 Å². The Bertz CT molecular complexity index is 626. The molecular formula is C13H7Cl3FNO. The quantitative estimate of drug-likeness (QED) is 0.826. The van der Waals surface area contributed by atoms with Gasteiger partial charge in [-0.2, -0.15) is 0 Å². The highest BCUT2D eigenvalue weighted by Crippen LogP contribution is 2.24. The highest BCUT2D eigenvalue weighted by Gasteiger charge is 2.10. The van der Waals surface area contributed by atoms with Crippen LogP contribution in [-0.4, -0.2) is 5.91 Å². The summed E-state index contributed by atoms with van der Waals surface area (Å²) in [5, 5.41) is 3.37. The summed E-state index contributed by atoms with van der Waals surface area (Å²) in [5.74, 6) is -0.910. The number of nitrogens with one attached hydrogen (secondary N) is 1. The van der Waals surface area contributed by atoms with E-state index in [4.69, 9.17) is 34.8 Å². The third-order valence-electron chi connectivity index (χ3n) is 2.30. The Labute approximate surface area is 124 Å². The number of carbonyl (C=O) groups is 1. The van der Waals surface area contributed by atoms with E-state index in [-0.39, 0.29) is 10.6 Å². The number of benzene rings is 2. The zero-order chi connectivity index (χ0) is 14.0. The lowest BCUT2D eigenvalue weighted by Crippen LogP contribution is -2.12. The standard InChI is InChI=1S/C13H7Cl3FNO/c14-8-3-7(4-9(15)5-8)13(19)18-12-2-1-10(17)6-11(12)16/h1-6H,(H,18,19). The summed E-state index contributed by atoms with van der Waals surface area (Å²) in [6.45, 7) is 0. The van der Waals surface area contributed by atoms with Gasteiger partial charge >= 0.3 is 0 Å². The molecule has 19 heavy (non-hydrogen) atoms. The van der Waals surface area contributed by atoms with E-state index in [2.05, 4.69) is 5.32 Å². The van der Waals surface area contributed by atoms with Crippen molar-refractivity contribution in [1.82, 2.24) is 0 Å². The summed E-state index contributed by atoms with van der Waals surface area (Å²) < 4.78 is 12.9. The summed E-state index contributed by atoms with van der Waals surface area (Å²) in [5.41, 5.74) is 0.599. The van der Waals surface area contributed by atoms with Gasteiger partial charge in [0.05, 0.1) is 10.7 Å². The second-order valence-electron chi connectivity index (χ2n) is 3.74. The van der Waals surface area contributed by atoms with Crippen molar-refractivity contribution in [3.8, 4) is 0 Å². The van der Waals surface area contributed by atoms with Crippen molar-refractivity contribution < 1.29 is 9.18 Å². The van der Waals surface area contributed by atoms with Crippen LogP contribution in [0.1, 0.15) is 10.4 Å². The van der Waals surface area contributed by atoms with Gasteiger partial charge in [-0.25, -0.2) is 4.39 Å². The average molecular weight is 319 g/mol. The molecular weight excluding hydrogens is 312 g/mol. The van der Waals surface area contributed by atoms with Gasteiger partial charge in [-0.1, -0.05) is 34.8 Å². The summed E-state index contributed by atoms with van der Waals surface area (Å²) in [6, 6.07) is 8.15. The Morgan fingerprint density at radius 1 is 1.00 bits per heavy atom. The SMILES string of the molecule is O=C(Nc1ccc(F)cc1Cl)c1cc(Cl)cc(Cl)c1. The zero-order valence-corrected chi connectivity index (χ0v) is 11.7. The van der Waals surface area contributed by atoms with E-state index in [9.17, 15) is 9.18 Å². The van der Waals surface area contributed by atoms with Crippen LogP contribution in [-0.2, 0) is 0 Å². The Morgan fingerprint density at radius 2 is 1.63 bits per heavy atom. The first kappa shape index (κ1) is 14.1. The first-order valence-corrected chi connectivity index (χ1v) is 6.31. The van der Waals surface area contributed by atoms with E-state index < -0.39 is 11.7 Å². The predicted octanol–water partition coefficient (Wildman–Crippen LogP) is 5.04. The maximum Gasteiger partial charge on any atom is 0.255 e. The van der Waals surface area contributed by atoms with Gasteiger partial charge in [-0.15, -0.1) is 0 Å². The first-order chi connectivity index (χ1) is 8.95. The van der Waals surface area contributed by atoms with Gasteiger partial charge in [0.15, 0.2) is 0 Å². The molecule has 0 saturated carbocycles. The Balaban J connectivity index is 2.25. The molecule has 0 radical (unpaired) electrons. The molecule has 0 heterocycles. The molecule has 0 saturated heterocycles. The fraction of sp³-hybridized carbons (Fsp3) is 0. The maximum absolute atomic E-state index is 12.9. The van der Waals surface area contributed by atoms with Crippen molar-refractivity contribution in [3.05, 3.63) is 62.8 Å². The number of hydrogen-bond donors (Lipinski definition) is 1. The second-order valence-corrected chi connectivity index (χ2v) is 5.02. The molecule has 0 unspecified atom stereocenters. The average Bonchev–Trinajstić information content (AvgIpc) is 2.31. The van der Waals surface area contributed by atoms with Crippen LogP contribution in [0.2, 0.25) is 15.1 Å². The lowest BCUT2D eigenvalue weighted by Gasteiger charge is -2.08. The van der Waals surface area contributed by atoms with E-state index >= 15 is 0 Å². The molecule has 0 bridgehead atoms. The van der Waals surface area contributed by atoms with Crippen molar-refractivity contribution in [2.45, 2.75) is 0 Å². The van der Waals surface area contributed by atoms with Crippen molar-refractivity contribution >= 4 is 46.4 Å². The number of hydrogen-bond acceptors (Lipinski definition) is 1. The molecule has 0 aromatic heterocycles. The van der Waals surface area contributed by atoms with Gasteiger partial charge in [0.1, 0.15) is 5.82 Å². The van der Waals surface area contributed by atoms with Gasteiger partial charge < -0.3 is 5.32 Å². The topological polar surface area (TPSA) is 29.1 Å². The van der Waals surface area contributed by atoms with Crippen LogP contribution in [0.4, 0.5) is 10.1 Å². The number of halogens is 4. The molecule has 0 aliphatic rings. The van der Waals surface area contributed by atoms with Gasteiger partial charge in [-0.05, 0) is 36.4 Å². The van der Waals surface area contributed by atoms with E-state index in [1.165, 1.54) is 30.3 Å². The lowest BCUT2D eigenvalue weighted by molar-refractivity contribution is 0.102. The Hall–Kier alpha value is -1.29. The van der Waals surface area contributed by atoms with Gasteiger partial charge in [0, 0.05) is 15.6 Å². The largest absolute Gasteiger partial charge is 0.321 e. The molecule has 2 nitrogen and oxygen atoms in total. The normalized spacial score (nSPS) is 10.3. The Morgan fingerprint density at radius 3 is 2.21 bits per heavy atom. The molecule has 1 N–H and O–H groups in total. The van der Waals surface area contributed by atoms with Crippen LogP contribution in [0.15, 0.2) is 36.4 Å². The third kappa shape index (κ3) is 3.60. The molecule has 2 rings (SSSR count). The number of anilines is 1. The van der Waals surface area contributed by atoms with Gasteiger partial charge in [0.25, 0.3) is 5.91 Å². The fourth-order valence-corrected chi connectivity index (χ4v) is 2.21. The van der Waals surface area contributed by atoms with Crippen LogP contribution < -0.4 is 5.32 Å². The van der Waals surface area contributed by atoms with E-state index in [1.807, 2.05) is 0 Å². The van der Waals surface area contributed by atoms with Crippen molar-refractivity contribution in [2.75, 3.05) is 5.32 Å². The maximum atomic E-state index is 12.9. The summed E-state index contributed by atoms with van der Waals surface area (Å²) in [7, 11) is 0. The molecule has 98 valence electrons. The minimum Gasteiger partial charge on any atom is -0.321 e. The number of rotatable bonds is 2. The van der Waals surface area contributed by atoms with Crippen molar-refractivity contribution in [1.29, 1.82) is 0 Å². The number of carbonyl (C=O) groups excluding carboxylic acids is 1. The predicted molar refractivity (Wildman–Crippen MR) is 75.8 cm³/mol. The smallest absolute Gasteiger partial charge is 0.255 e. The second kappa shape index (κ2) is 5.78. The molecule has 0 fully saturated rings. The Kier molecular flexibility index (Phi) is 4.30. The van der Waals surface area contributed by atoms with E-state index in [1.54, 1.807) is 0 Å². The minimum absolute atomic E-state index is 0.112. The fourth-order valence-electron chi connectivity index (χ4n) is 1.47. The zero-order valence-electron chi connectivity index (χ0n) is 9.38. The monoisotopic (exact) mass is 317 g/mol. The van der Waals surface area contributed by atoms with Crippen molar-refractivity contribution in [3.63, 3.8) is 0 Å². The highest BCUT2D eigenvalue weighted by molar-refractivity contribution is 6.35. The molecule has 0 aliphatic heterocycles. The minimum atomic E-state index is -0.478. The molecule has 0 atom stereocenters. The lowest BCUT2D eigenvalue weighted by atomic mass is 10.2.